The van der Waals surface area contributed by atoms with Crippen LogP contribution in [0.2, 0.25) is 0 Å². The number of anilines is 1. The number of benzene rings is 2. The minimum absolute atomic E-state index is 0.178. The third kappa shape index (κ3) is 2.61. The van der Waals surface area contributed by atoms with Crippen LogP contribution in [0.25, 0.3) is 15.6 Å². The Kier molecular flexibility index (Phi) is 3.82. The molecule has 4 rings (SSSR count). The Bertz CT molecular complexity index is 1240. The van der Waals surface area contributed by atoms with E-state index >= 15 is 0 Å². The Hall–Kier alpha value is -3.11. The molecular weight excluding hydrogens is 362 g/mol. The third-order valence-corrected chi connectivity index (χ3v) is 6.86. The van der Waals surface area contributed by atoms with Crippen LogP contribution in [0.3, 0.4) is 0 Å². The zero-order chi connectivity index (χ0) is 19.3. The molecule has 0 aliphatic carbocycles. The highest BCUT2D eigenvalue weighted by atomic mass is 32.2. The molecule has 2 aromatic carbocycles. The van der Waals surface area contributed by atoms with Gasteiger partial charge >= 0.3 is 0 Å². The van der Waals surface area contributed by atoms with Gasteiger partial charge in [0.05, 0.1) is 11.5 Å². The van der Waals surface area contributed by atoms with Crippen LogP contribution in [0.4, 0.5) is 11.4 Å². The fourth-order valence-corrected chi connectivity index (χ4v) is 5.59. The molecular formula is C20H17N3O3S. The smallest absolute Gasteiger partial charge is 0.264 e. The average molecular weight is 379 g/mol. The van der Waals surface area contributed by atoms with Crippen molar-refractivity contribution in [1.82, 2.24) is 0 Å². The van der Waals surface area contributed by atoms with Gasteiger partial charge in [0.15, 0.2) is 18.1 Å². The molecule has 1 aliphatic heterocycles. The van der Waals surface area contributed by atoms with Crippen molar-refractivity contribution in [1.29, 1.82) is 0 Å². The standard InChI is InChI=1S/C20H17N3O3S/c1-13-9-16(21-3)10-18-17(13)7-8-23(18)27(25,26)19-6-4-5-15-12-22(24)11-14(2)20(15)19/h4-6,9-12H,7-8H2,1-2H3. The van der Waals surface area contributed by atoms with Gasteiger partial charge in [0.2, 0.25) is 0 Å². The first kappa shape index (κ1) is 17.3. The Balaban J connectivity index is 1.95. The summed E-state index contributed by atoms with van der Waals surface area (Å²) >= 11 is 0. The van der Waals surface area contributed by atoms with Crippen molar-refractivity contribution >= 4 is 32.2 Å². The molecule has 3 aromatic rings. The molecule has 0 fully saturated rings. The zero-order valence-corrected chi connectivity index (χ0v) is 15.7. The van der Waals surface area contributed by atoms with Crippen molar-refractivity contribution in [3.63, 3.8) is 0 Å². The van der Waals surface area contributed by atoms with Crippen LogP contribution >= 0.6 is 0 Å². The second kappa shape index (κ2) is 5.96. The average Bonchev–Trinajstić information content (AvgIpc) is 3.06. The van der Waals surface area contributed by atoms with E-state index in [2.05, 4.69) is 4.85 Å². The van der Waals surface area contributed by atoms with Crippen LogP contribution < -0.4 is 9.04 Å². The Morgan fingerprint density at radius 2 is 1.96 bits per heavy atom. The summed E-state index contributed by atoms with van der Waals surface area (Å²) in [6.07, 6.45) is 3.37. The van der Waals surface area contributed by atoms with Gasteiger partial charge in [-0.2, -0.15) is 4.73 Å². The Morgan fingerprint density at radius 3 is 2.70 bits per heavy atom. The fourth-order valence-electron chi connectivity index (χ4n) is 3.82. The molecule has 0 radical (unpaired) electrons. The molecule has 136 valence electrons. The summed E-state index contributed by atoms with van der Waals surface area (Å²) in [6.45, 7) is 11.2. The Labute approximate surface area is 157 Å². The number of aryl methyl sites for hydroxylation is 2. The summed E-state index contributed by atoms with van der Waals surface area (Å²) in [5, 5.41) is 12.9. The lowest BCUT2D eigenvalue weighted by atomic mass is 10.1. The van der Waals surface area contributed by atoms with E-state index in [0.717, 1.165) is 11.1 Å². The van der Waals surface area contributed by atoms with Gasteiger partial charge in [0.25, 0.3) is 10.0 Å². The highest BCUT2D eigenvalue weighted by Gasteiger charge is 2.33. The summed E-state index contributed by atoms with van der Waals surface area (Å²) in [4.78, 5) is 3.64. The van der Waals surface area contributed by atoms with Gasteiger partial charge in [0.1, 0.15) is 0 Å². The van der Waals surface area contributed by atoms with E-state index in [1.165, 1.54) is 16.7 Å². The molecule has 27 heavy (non-hydrogen) atoms. The number of rotatable bonds is 2. The second-order valence-corrected chi connectivity index (χ2v) is 8.55. The van der Waals surface area contributed by atoms with Crippen LogP contribution in [0.5, 0.6) is 0 Å². The molecule has 1 aromatic heterocycles. The first-order chi connectivity index (χ1) is 12.8. The maximum Gasteiger partial charge on any atom is 0.264 e. The quantitative estimate of drug-likeness (QED) is 0.389. The van der Waals surface area contributed by atoms with Crippen molar-refractivity contribution in [3.8, 4) is 0 Å². The number of nitrogens with zero attached hydrogens (tertiary/aromatic N) is 3. The maximum atomic E-state index is 13.5. The monoisotopic (exact) mass is 379 g/mol. The molecule has 0 atom stereocenters. The molecule has 2 heterocycles. The van der Waals surface area contributed by atoms with Crippen molar-refractivity contribution < 1.29 is 13.1 Å². The lowest BCUT2D eigenvalue weighted by molar-refractivity contribution is -0.604. The predicted octanol–water partition coefficient (Wildman–Crippen LogP) is 3.39. The molecule has 0 saturated carbocycles. The molecule has 0 amide bonds. The summed E-state index contributed by atoms with van der Waals surface area (Å²) in [7, 11) is -3.84. The first-order valence-corrected chi connectivity index (χ1v) is 9.93. The predicted molar refractivity (Wildman–Crippen MR) is 103 cm³/mol. The Morgan fingerprint density at radius 1 is 1.19 bits per heavy atom. The van der Waals surface area contributed by atoms with Gasteiger partial charge in [-0.25, -0.2) is 13.3 Å². The number of sulfonamides is 1. The topological polar surface area (TPSA) is 68.7 Å². The lowest BCUT2D eigenvalue weighted by Gasteiger charge is -2.21. The van der Waals surface area contributed by atoms with E-state index in [9.17, 15) is 13.6 Å². The fraction of sp³-hybridized carbons (Fsp3) is 0.200. The molecule has 0 saturated heterocycles. The van der Waals surface area contributed by atoms with Crippen molar-refractivity contribution in [2.45, 2.75) is 25.2 Å². The van der Waals surface area contributed by atoms with Crippen LogP contribution in [-0.2, 0) is 16.4 Å². The summed E-state index contributed by atoms with van der Waals surface area (Å²) in [5.74, 6) is 0. The van der Waals surface area contributed by atoms with Gasteiger partial charge in [-0.3, -0.25) is 4.31 Å². The third-order valence-electron chi connectivity index (χ3n) is 5.00. The summed E-state index contributed by atoms with van der Waals surface area (Å²) in [6, 6.07) is 8.38. The zero-order valence-electron chi connectivity index (χ0n) is 14.9. The van der Waals surface area contributed by atoms with E-state index < -0.39 is 10.0 Å². The molecule has 0 N–H and O–H groups in total. The largest absolute Gasteiger partial charge is 0.619 e. The van der Waals surface area contributed by atoms with E-state index in [1.807, 2.05) is 6.92 Å². The molecule has 0 bridgehead atoms. The van der Waals surface area contributed by atoms with Crippen LogP contribution in [0, 0.1) is 25.6 Å². The van der Waals surface area contributed by atoms with Crippen molar-refractivity contribution in [3.05, 3.63) is 76.0 Å². The maximum absolute atomic E-state index is 13.5. The molecule has 7 heteroatoms. The van der Waals surface area contributed by atoms with Crippen molar-refractivity contribution in [2.24, 2.45) is 0 Å². The molecule has 0 unspecified atom stereocenters. The first-order valence-electron chi connectivity index (χ1n) is 8.49. The second-order valence-electron chi connectivity index (χ2n) is 6.72. The summed E-state index contributed by atoms with van der Waals surface area (Å²) in [5.41, 5.74) is 3.49. The van der Waals surface area contributed by atoms with E-state index in [0.29, 0.717) is 45.4 Å². The number of hydrogen-bond donors (Lipinski definition) is 0. The number of pyridine rings is 1. The van der Waals surface area contributed by atoms with Gasteiger partial charge in [-0.1, -0.05) is 17.7 Å². The van der Waals surface area contributed by atoms with E-state index in [1.54, 1.807) is 37.3 Å². The normalized spacial score (nSPS) is 13.6. The van der Waals surface area contributed by atoms with Gasteiger partial charge in [-0.15, -0.1) is 0 Å². The number of fused-ring (bicyclic) bond motifs is 2. The van der Waals surface area contributed by atoms with E-state index in [4.69, 9.17) is 6.57 Å². The van der Waals surface area contributed by atoms with Crippen molar-refractivity contribution in [2.75, 3.05) is 10.8 Å². The minimum Gasteiger partial charge on any atom is -0.619 e. The lowest BCUT2D eigenvalue weighted by Crippen LogP contribution is -2.30. The van der Waals surface area contributed by atoms with Gasteiger partial charge in [-0.05, 0) is 44.0 Å². The van der Waals surface area contributed by atoms with Crippen LogP contribution in [0.1, 0.15) is 16.7 Å². The van der Waals surface area contributed by atoms with Crippen LogP contribution in [0.15, 0.2) is 47.6 Å². The minimum atomic E-state index is -3.84. The highest BCUT2D eigenvalue weighted by molar-refractivity contribution is 7.93. The van der Waals surface area contributed by atoms with Gasteiger partial charge in [0, 0.05) is 28.6 Å². The molecule has 1 aliphatic rings. The number of hydrogen-bond acceptors (Lipinski definition) is 3. The SMILES string of the molecule is [C-]#[N+]c1cc(C)c2c(c1)N(S(=O)(=O)c1cccc3c[n+]([O-])cc(C)c13)CC2. The molecule has 6 nitrogen and oxygen atoms in total. The highest BCUT2D eigenvalue weighted by Crippen LogP contribution is 2.39. The van der Waals surface area contributed by atoms with Crippen LogP contribution in [-0.4, -0.2) is 15.0 Å². The van der Waals surface area contributed by atoms with Gasteiger partial charge < -0.3 is 5.21 Å². The number of aromatic nitrogens is 1. The summed E-state index contributed by atoms with van der Waals surface area (Å²) < 4.78 is 29.1. The van der Waals surface area contributed by atoms with E-state index in [-0.39, 0.29) is 4.90 Å². The molecule has 0 spiro atoms.